The quantitative estimate of drug-likeness (QED) is 0.251. The van der Waals surface area contributed by atoms with Crippen LogP contribution in [0.25, 0.3) is 10.8 Å². The van der Waals surface area contributed by atoms with Gasteiger partial charge in [0.05, 0.1) is 38.5 Å². The second-order valence-electron chi connectivity index (χ2n) is 10.8. The maximum atomic E-state index is 13.6. The van der Waals surface area contributed by atoms with Crippen LogP contribution in [0.4, 0.5) is 0 Å². The van der Waals surface area contributed by atoms with Gasteiger partial charge >= 0.3 is 0 Å². The number of methoxy groups -OCH3 is 3. The largest absolute Gasteiger partial charge is 0.493 e. The molecule has 0 spiro atoms. The van der Waals surface area contributed by atoms with E-state index in [2.05, 4.69) is 4.90 Å². The van der Waals surface area contributed by atoms with Gasteiger partial charge in [-0.3, -0.25) is 4.79 Å². The molecule has 2 heterocycles. The zero-order valence-electron chi connectivity index (χ0n) is 24.8. The van der Waals surface area contributed by atoms with Crippen LogP contribution in [-0.2, 0) is 6.42 Å². The van der Waals surface area contributed by atoms with Crippen molar-refractivity contribution in [3.05, 3.63) is 87.3 Å². The van der Waals surface area contributed by atoms with Gasteiger partial charge in [0.15, 0.2) is 11.5 Å². The molecule has 0 amide bonds. The third-order valence-electron chi connectivity index (χ3n) is 7.88. The van der Waals surface area contributed by atoms with E-state index in [0.717, 1.165) is 49.0 Å². The molecular weight excluding hydrogens is 570 g/mol. The molecule has 1 fully saturated rings. The fourth-order valence-corrected chi connectivity index (χ4v) is 5.82. The molecule has 228 valence electrons. The topological polar surface area (TPSA) is 95.3 Å². The van der Waals surface area contributed by atoms with E-state index in [-0.39, 0.29) is 18.2 Å². The lowest BCUT2D eigenvalue weighted by molar-refractivity contribution is 0.0687. The molecule has 43 heavy (non-hydrogen) atoms. The van der Waals surface area contributed by atoms with Gasteiger partial charge in [-0.15, -0.1) is 0 Å². The van der Waals surface area contributed by atoms with Crippen LogP contribution in [0, 0.1) is 0 Å². The van der Waals surface area contributed by atoms with Gasteiger partial charge < -0.3 is 29.0 Å². The molecule has 4 aromatic rings. The molecule has 0 radical (unpaired) electrons. The number of hydrogen-bond acceptors (Lipinski definition) is 8. The van der Waals surface area contributed by atoms with Gasteiger partial charge in [0.1, 0.15) is 18.5 Å². The van der Waals surface area contributed by atoms with Gasteiger partial charge in [-0.05, 0) is 49.6 Å². The molecule has 2 unspecified atom stereocenters. The first-order chi connectivity index (χ1) is 20.9. The zero-order chi connectivity index (χ0) is 30.3. The smallest absolute Gasteiger partial charge is 0.274 e. The first-order valence-corrected chi connectivity index (χ1v) is 14.9. The lowest BCUT2D eigenvalue weighted by Gasteiger charge is -2.24. The number of aliphatic hydroxyl groups excluding tert-OH is 1. The summed E-state index contributed by atoms with van der Waals surface area (Å²) in [4.78, 5) is 15.8. The van der Waals surface area contributed by atoms with E-state index >= 15 is 0 Å². The second kappa shape index (κ2) is 14.1. The molecule has 1 aliphatic heterocycles. The molecule has 1 N–H and O–H groups in total. The van der Waals surface area contributed by atoms with E-state index in [1.54, 1.807) is 38.1 Å². The highest BCUT2D eigenvalue weighted by Gasteiger charge is 2.24. The van der Waals surface area contributed by atoms with E-state index in [4.69, 9.17) is 35.6 Å². The predicted molar refractivity (Wildman–Crippen MR) is 167 cm³/mol. The summed E-state index contributed by atoms with van der Waals surface area (Å²) in [6.07, 6.45) is 2.38. The standard InChI is InChI=1S/C33H38ClN3O6/c1-40-30-18-26(19-31(41-2)32(30)42-3)43-21-25(38)20-36-15-6-7-24(14-16-36)37-33(39)28-9-5-4-8-27(28)29(35-37)17-22-10-12-23(34)13-11-22/h4-5,8-13,18-19,24-25,38H,6-7,14-17,20-21H2,1-3H3. The number of halogens is 1. The van der Waals surface area contributed by atoms with Gasteiger partial charge in [0.25, 0.3) is 5.56 Å². The van der Waals surface area contributed by atoms with Crippen molar-refractivity contribution in [1.82, 2.24) is 14.7 Å². The number of β-amino-alcohol motifs (C(OH)–C–C–N with tert-alkyl or cyclic N) is 1. The molecule has 9 nitrogen and oxygen atoms in total. The van der Waals surface area contributed by atoms with Crippen molar-refractivity contribution in [2.45, 2.75) is 37.8 Å². The Hall–Kier alpha value is -3.79. The number of rotatable bonds is 11. The van der Waals surface area contributed by atoms with E-state index < -0.39 is 6.10 Å². The van der Waals surface area contributed by atoms with Crippen molar-refractivity contribution < 1.29 is 24.1 Å². The molecule has 0 aliphatic carbocycles. The van der Waals surface area contributed by atoms with E-state index in [1.807, 2.05) is 48.5 Å². The fourth-order valence-electron chi connectivity index (χ4n) is 5.70. The molecule has 1 aromatic heterocycles. The maximum Gasteiger partial charge on any atom is 0.274 e. The van der Waals surface area contributed by atoms with Crippen molar-refractivity contribution in [2.75, 3.05) is 47.6 Å². The van der Waals surface area contributed by atoms with E-state index in [1.165, 1.54) is 0 Å². The minimum Gasteiger partial charge on any atom is -0.493 e. The summed E-state index contributed by atoms with van der Waals surface area (Å²) in [7, 11) is 4.64. The summed E-state index contributed by atoms with van der Waals surface area (Å²) in [5, 5.41) is 18.0. The lowest BCUT2D eigenvalue weighted by atomic mass is 10.0. The summed E-state index contributed by atoms with van der Waals surface area (Å²) in [6.45, 7) is 2.12. The SMILES string of the molecule is COc1cc(OCC(O)CN2CCCC(n3nc(Cc4ccc(Cl)cc4)c4ccccc4c3=O)CC2)cc(OC)c1OC. The number of benzene rings is 3. The maximum absolute atomic E-state index is 13.6. The van der Waals surface area contributed by atoms with Crippen molar-refractivity contribution in [2.24, 2.45) is 0 Å². The van der Waals surface area contributed by atoms with Crippen LogP contribution in [0.2, 0.25) is 5.02 Å². The highest BCUT2D eigenvalue weighted by Crippen LogP contribution is 2.40. The molecule has 10 heteroatoms. The Bertz CT molecular complexity index is 1570. The average Bonchev–Trinajstić information content (AvgIpc) is 3.27. The summed E-state index contributed by atoms with van der Waals surface area (Å²) >= 11 is 6.09. The average molecular weight is 608 g/mol. The summed E-state index contributed by atoms with van der Waals surface area (Å²) in [5.74, 6) is 1.97. The van der Waals surface area contributed by atoms with Gasteiger partial charge in [0.2, 0.25) is 5.75 Å². The van der Waals surface area contributed by atoms with Crippen LogP contribution in [0.1, 0.15) is 36.6 Å². The van der Waals surface area contributed by atoms with Crippen LogP contribution < -0.4 is 24.5 Å². The number of likely N-dealkylation sites (tertiary alicyclic amines) is 1. The van der Waals surface area contributed by atoms with Crippen molar-refractivity contribution in [3.63, 3.8) is 0 Å². The molecule has 2 atom stereocenters. The Morgan fingerprint density at radius 1 is 0.953 bits per heavy atom. The number of nitrogens with zero attached hydrogens (tertiary/aromatic N) is 3. The van der Waals surface area contributed by atoms with Crippen LogP contribution in [-0.4, -0.2) is 73.5 Å². The Morgan fingerprint density at radius 2 is 1.65 bits per heavy atom. The summed E-state index contributed by atoms with van der Waals surface area (Å²) in [5.41, 5.74) is 1.90. The lowest BCUT2D eigenvalue weighted by Crippen LogP contribution is -2.36. The molecule has 1 saturated heterocycles. The number of fused-ring (bicyclic) bond motifs is 1. The van der Waals surface area contributed by atoms with Crippen LogP contribution >= 0.6 is 11.6 Å². The Balaban J connectivity index is 1.25. The van der Waals surface area contributed by atoms with Gasteiger partial charge in [0, 0.05) is 42.1 Å². The minimum atomic E-state index is -0.705. The van der Waals surface area contributed by atoms with E-state index in [0.29, 0.717) is 46.4 Å². The van der Waals surface area contributed by atoms with Crippen molar-refractivity contribution >= 4 is 22.4 Å². The van der Waals surface area contributed by atoms with Gasteiger partial charge in [-0.2, -0.15) is 5.10 Å². The summed E-state index contributed by atoms with van der Waals surface area (Å²) < 4.78 is 23.7. The van der Waals surface area contributed by atoms with Gasteiger partial charge in [-0.1, -0.05) is 41.9 Å². The highest BCUT2D eigenvalue weighted by molar-refractivity contribution is 6.30. The first kappa shape index (κ1) is 30.7. The highest BCUT2D eigenvalue weighted by atomic mass is 35.5. The molecule has 0 bridgehead atoms. The normalized spacial score (nSPS) is 16.4. The Morgan fingerprint density at radius 3 is 2.33 bits per heavy atom. The Kier molecular flexibility index (Phi) is 10.1. The van der Waals surface area contributed by atoms with Crippen LogP contribution in [0.3, 0.4) is 0 Å². The number of aliphatic hydroxyl groups is 1. The van der Waals surface area contributed by atoms with Crippen LogP contribution in [0.5, 0.6) is 23.0 Å². The summed E-state index contributed by atoms with van der Waals surface area (Å²) in [6, 6.07) is 18.8. The molecular formula is C33H38ClN3O6. The first-order valence-electron chi connectivity index (χ1n) is 14.5. The van der Waals surface area contributed by atoms with Crippen LogP contribution in [0.15, 0.2) is 65.5 Å². The van der Waals surface area contributed by atoms with Crippen molar-refractivity contribution in [1.29, 1.82) is 0 Å². The molecule has 5 rings (SSSR count). The number of aromatic nitrogens is 2. The van der Waals surface area contributed by atoms with Gasteiger partial charge in [-0.25, -0.2) is 4.68 Å². The molecule has 1 aliphatic rings. The van der Waals surface area contributed by atoms with E-state index in [9.17, 15) is 9.90 Å². The molecule has 0 saturated carbocycles. The molecule has 3 aromatic carbocycles. The third-order valence-corrected chi connectivity index (χ3v) is 8.13. The second-order valence-corrected chi connectivity index (χ2v) is 11.2. The number of hydrogen-bond donors (Lipinski definition) is 1. The minimum absolute atomic E-state index is 0.0290. The van der Waals surface area contributed by atoms with Crippen molar-refractivity contribution in [3.8, 4) is 23.0 Å². The Labute approximate surface area is 256 Å². The zero-order valence-corrected chi connectivity index (χ0v) is 25.5. The predicted octanol–water partition coefficient (Wildman–Crippen LogP) is 5.13. The third kappa shape index (κ3) is 7.24. The number of ether oxygens (including phenoxy) is 4. The monoisotopic (exact) mass is 607 g/mol. The fraction of sp³-hybridized carbons (Fsp3) is 0.394.